The van der Waals surface area contributed by atoms with E-state index in [1.165, 1.54) is 167 Å². The number of ether oxygens (including phenoxy) is 4. The van der Waals surface area contributed by atoms with E-state index in [1.54, 1.807) is 0 Å². The van der Waals surface area contributed by atoms with Gasteiger partial charge in [0.2, 0.25) is 0 Å². The molecule has 59 heavy (non-hydrogen) atoms. The lowest BCUT2D eigenvalue weighted by molar-refractivity contribution is -0.152. The van der Waals surface area contributed by atoms with Gasteiger partial charge in [-0.2, -0.15) is 0 Å². The maximum absolute atomic E-state index is 13.3. The zero-order chi connectivity index (χ0) is 42.9. The van der Waals surface area contributed by atoms with E-state index in [1.807, 2.05) is 19.0 Å². The molecule has 0 bridgehead atoms. The first kappa shape index (κ1) is 55.6. The predicted molar refractivity (Wildman–Crippen MR) is 250 cm³/mol. The molecule has 1 saturated carbocycles. The first-order valence-corrected chi connectivity index (χ1v) is 25.7. The minimum absolute atomic E-state index is 0.134. The second-order valence-corrected chi connectivity index (χ2v) is 18.3. The molecule has 0 saturated heterocycles. The summed E-state index contributed by atoms with van der Waals surface area (Å²) in [7, 11) is 3.93. The molecular formula is C52H99NO6. The van der Waals surface area contributed by atoms with Gasteiger partial charge in [-0.25, -0.2) is 0 Å². The van der Waals surface area contributed by atoms with Crippen LogP contribution in [0.15, 0.2) is 12.2 Å². The molecule has 4 unspecified atom stereocenters. The second-order valence-electron chi connectivity index (χ2n) is 18.3. The minimum atomic E-state index is -0.246. The molecule has 1 aliphatic rings. The molecule has 0 amide bonds. The van der Waals surface area contributed by atoms with Crippen LogP contribution in [0.3, 0.4) is 0 Å². The number of rotatable bonds is 44. The lowest BCUT2D eigenvalue weighted by Gasteiger charge is -2.24. The van der Waals surface area contributed by atoms with Crippen molar-refractivity contribution >= 4 is 11.9 Å². The van der Waals surface area contributed by atoms with Crippen LogP contribution in [0.4, 0.5) is 0 Å². The van der Waals surface area contributed by atoms with Gasteiger partial charge in [0.05, 0.1) is 13.0 Å². The quantitative estimate of drug-likeness (QED) is 0.0344. The Bertz CT molecular complexity index is 955. The summed E-state index contributed by atoms with van der Waals surface area (Å²) in [6, 6.07) is 0. The average Bonchev–Trinajstić information content (AvgIpc) is 3.59. The van der Waals surface area contributed by atoms with Gasteiger partial charge in [0.15, 0.2) is 0 Å². The summed E-state index contributed by atoms with van der Waals surface area (Å²) in [5.74, 6) is -0.0583. The molecular weight excluding hydrogens is 735 g/mol. The monoisotopic (exact) mass is 834 g/mol. The van der Waals surface area contributed by atoms with Crippen molar-refractivity contribution in [3.63, 3.8) is 0 Å². The number of unbranched alkanes of at least 4 members (excludes halogenated alkanes) is 26. The fourth-order valence-electron chi connectivity index (χ4n) is 8.58. The Kier molecular flexibility index (Phi) is 39.5. The summed E-state index contributed by atoms with van der Waals surface area (Å²) < 4.78 is 24.3. The van der Waals surface area contributed by atoms with Crippen LogP contribution in [0.25, 0.3) is 0 Å². The molecule has 0 aromatic carbocycles. The van der Waals surface area contributed by atoms with Gasteiger partial charge in [0.1, 0.15) is 18.8 Å². The summed E-state index contributed by atoms with van der Waals surface area (Å²) in [4.78, 5) is 27.9. The van der Waals surface area contributed by atoms with Gasteiger partial charge in [-0.15, -0.1) is 0 Å². The fraction of sp³-hybridized carbons (Fsp3) is 0.923. The SMILES string of the molecule is CC/C=C\CC1C(CC(=O)OCC(COCCCCCCCCCCCCCCCC)OCCCCCCCCCCCCCCCC)CCC1OC(=O)CCN(C)C. The van der Waals surface area contributed by atoms with Crippen molar-refractivity contribution in [2.45, 2.75) is 251 Å². The molecule has 0 spiro atoms. The Morgan fingerprint density at radius 1 is 0.576 bits per heavy atom. The first-order valence-electron chi connectivity index (χ1n) is 25.7. The number of esters is 2. The highest BCUT2D eigenvalue weighted by molar-refractivity contribution is 5.70. The van der Waals surface area contributed by atoms with Crippen LogP contribution in [0.1, 0.15) is 239 Å². The van der Waals surface area contributed by atoms with Crippen LogP contribution in [0, 0.1) is 11.8 Å². The lowest BCUT2D eigenvalue weighted by atomic mass is 9.88. The average molecular weight is 834 g/mol. The highest BCUT2D eigenvalue weighted by Gasteiger charge is 2.39. The van der Waals surface area contributed by atoms with Gasteiger partial charge in [-0.3, -0.25) is 9.59 Å². The van der Waals surface area contributed by atoms with Crippen LogP contribution in [0.5, 0.6) is 0 Å². The zero-order valence-corrected chi connectivity index (χ0v) is 39.9. The van der Waals surface area contributed by atoms with Crippen LogP contribution < -0.4 is 0 Å². The highest BCUT2D eigenvalue weighted by atomic mass is 16.6. The predicted octanol–water partition coefficient (Wildman–Crippen LogP) is 14.5. The summed E-state index contributed by atoms with van der Waals surface area (Å²) in [5.41, 5.74) is 0. The van der Waals surface area contributed by atoms with Gasteiger partial charge in [-0.05, 0) is 58.5 Å². The minimum Gasteiger partial charge on any atom is -0.463 e. The molecule has 1 rings (SSSR count). The van der Waals surface area contributed by atoms with E-state index in [0.717, 1.165) is 45.1 Å². The van der Waals surface area contributed by atoms with Crippen molar-refractivity contribution in [2.75, 3.05) is 47.1 Å². The van der Waals surface area contributed by atoms with Gasteiger partial charge in [0.25, 0.3) is 0 Å². The third-order valence-corrected chi connectivity index (χ3v) is 12.4. The Balaban J connectivity index is 2.44. The second kappa shape index (κ2) is 41.9. The third-order valence-electron chi connectivity index (χ3n) is 12.4. The molecule has 0 heterocycles. The van der Waals surface area contributed by atoms with E-state index < -0.39 is 0 Å². The van der Waals surface area contributed by atoms with Crippen LogP contribution in [-0.2, 0) is 28.5 Å². The van der Waals surface area contributed by atoms with E-state index in [9.17, 15) is 9.59 Å². The standard InChI is InChI=1S/C52H99NO6/c1-6-9-12-14-16-18-20-22-24-26-28-30-32-35-42-56-45-48(57-43-36-33-31-29-27-25-23-21-19-17-15-13-10-7-2)46-58-52(55)44-47-38-39-50(49(47)37-34-11-8-3)59-51(54)40-41-53(4)5/h11,34,47-50H,6-10,12-33,35-46H2,1-5H3/b34-11-. The van der Waals surface area contributed by atoms with E-state index >= 15 is 0 Å². The number of allylic oxidation sites excluding steroid dienone is 2. The van der Waals surface area contributed by atoms with Gasteiger partial charge in [0, 0.05) is 32.1 Å². The highest BCUT2D eigenvalue weighted by Crippen LogP contribution is 2.39. The van der Waals surface area contributed by atoms with Gasteiger partial charge < -0.3 is 23.8 Å². The Morgan fingerprint density at radius 2 is 1.05 bits per heavy atom. The van der Waals surface area contributed by atoms with Crippen molar-refractivity contribution in [1.82, 2.24) is 4.90 Å². The van der Waals surface area contributed by atoms with Crippen molar-refractivity contribution in [3.05, 3.63) is 12.2 Å². The number of carbonyl (C=O) groups excluding carboxylic acids is 2. The van der Waals surface area contributed by atoms with Gasteiger partial charge in [-0.1, -0.05) is 200 Å². The maximum Gasteiger partial charge on any atom is 0.307 e. The van der Waals surface area contributed by atoms with Gasteiger partial charge >= 0.3 is 11.9 Å². The summed E-state index contributed by atoms with van der Waals surface area (Å²) >= 11 is 0. The molecule has 1 fully saturated rings. The third kappa shape index (κ3) is 34.8. The molecule has 4 atom stereocenters. The smallest absolute Gasteiger partial charge is 0.307 e. The molecule has 0 N–H and O–H groups in total. The van der Waals surface area contributed by atoms with E-state index in [0.29, 0.717) is 32.6 Å². The number of hydrogen-bond donors (Lipinski definition) is 0. The Hall–Kier alpha value is -1.44. The fourth-order valence-corrected chi connectivity index (χ4v) is 8.58. The molecule has 0 aromatic heterocycles. The largest absolute Gasteiger partial charge is 0.463 e. The lowest BCUT2D eigenvalue weighted by Crippen LogP contribution is -2.30. The van der Waals surface area contributed by atoms with Crippen molar-refractivity contribution in [2.24, 2.45) is 11.8 Å². The molecule has 0 aliphatic heterocycles. The van der Waals surface area contributed by atoms with E-state index in [2.05, 4.69) is 32.9 Å². The van der Waals surface area contributed by atoms with Crippen molar-refractivity contribution in [1.29, 1.82) is 0 Å². The normalized spacial score (nSPS) is 17.4. The summed E-state index contributed by atoms with van der Waals surface area (Å²) in [6.45, 7) is 9.47. The molecule has 7 heteroatoms. The topological polar surface area (TPSA) is 74.3 Å². The molecule has 1 aliphatic carbocycles. The molecule has 348 valence electrons. The number of carbonyl (C=O) groups is 2. The molecule has 0 radical (unpaired) electrons. The Labute approximate surface area is 366 Å². The number of hydrogen-bond acceptors (Lipinski definition) is 7. The van der Waals surface area contributed by atoms with Crippen molar-refractivity contribution < 1.29 is 28.5 Å². The first-order chi connectivity index (χ1) is 28.9. The summed E-state index contributed by atoms with van der Waals surface area (Å²) in [5, 5.41) is 0. The molecule has 7 nitrogen and oxygen atoms in total. The Morgan fingerprint density at radius 3 is 1.53 bits per heavy atom. The maximum atomic E-state index is 13.3. The number of nitrogens with zero attached hydrogens (tertiary/aromatic N) is 1. The van der Waals surface area contributed by atoms with Crippen LogP contribution in [0.2, 0.25) is 0 Å². The van der Waals surface area contributed by atoms with E-state index in [-0.39, 0.29) is 42.6 Å². The summed E-state index contributed by atoms with van der Waals surface area (Å²) in [6.07, 6.45) is 45.6. The zero-order valence-electron chi connectivity index (χ0n) is 39.9. The van der Waals surface area contributed by atoms with Crippen LogP contribution in [-0.4, -0.2) is 76.1 Å². The van der Waals surface area contributed by atoms with E-state index in [4.69, 9.17) is 18.9 Å². The van der Waals surface area contributed by atoms with Crippen molar-refractivity contribution in [3.8, 4) is 0 Å². The molecule has 0 aromatic rings. The van der Waals surface area contributed by atoms with Crippen LogP contribution >= 0.6 is 0 Å².